The molecule has 0 amide bonds. The fraction of sp³-hybridized carbons (Fsp3) is 1.00. The number of nitrogens with zero attached hydrogens (tertiary/aromatic N) is 1. The number of hydrogen-bond acceptors (Lipinski definition) is 2. The normalized spacial score (nSPS) is 20.1. The van der Waals surface area contributed by atoms with Crippen LogP contribution in [0.2, 0.25) is 0 Å². The van der Waals surface area contributed by atoms with Gasteiger partial charge in [0.15, 0.2) is 0 Å². The van der Waals surface area contributed by atoms with Gasteiger partial charge in [0.2, 0.25) is 0 Å². The number of likely N-dealkylation sites (tertiary alicyclic amines) is 1. The second kappa shape index (κ2) is 6.27. The average molecular weight is 195 g/mol. The fourth-order valence-electron chi connectivity index (χ4n) is 1.32. The van der Waals surface area contributed by atoms with E-state index in [2.05, 4.69) is 4.90 Å². The Balaban J connectivity index is 0.000000810. The van der Waals surface area contributed by atoms with Gasteiger partial charge < -0.3 is 10.0 Å². The van der Waals surface area contributed by atoms with Crippen LogP contribution in [-0.2, 0) is 19.5 Å². The first kappa shape index (κ1) is 10.5. The molecule has 10 heavy (non-hydrogen) atoms. The second-order valence-corrected chi connectivity index (χ2v) is 2.63. The molecule has 0 aromatic rings. The zero-order valence-electron chi connectivity index (χ0n) is 6.55. The molecule has 1 fully saturated rings. The van der Waals surface area contributed by atoms with Gasteiger partial charge in [0, 0.05) is 26.0 Å². The van der Waals surface area contributed by atoms with Crippen molar-refractivity contribution < 1.29 is 24.6 Å². The topological polar surface area (TPSA) is 23.5 Å². The molecule has 1 aliphatic heterocycles. The van der Waals surface area contributed by atoms with Crippen LogP contribution < -0.4 is 0 Å². The molecule has 0 aromatic carbocycles. The first-order chi connectivity index (χ1) is 4.43. The van der Waals surface area contributed by atoms with Gasteiger partial charge in [-0.1, -0.05) is 6.42 Å². The number of aliphatic hydroxyl groups is 1. The zero-order valence-corrected chi connectivity index (χ0v) is 9.52. The Kier molecular flexibility index (Phi) is 6.61. The van der Waals surface area contributed by atoms with Crippen LogP contribution in [0.4, 0.5) is 0 Å². The molecule has 1 saturated heterocycles. The van der Waals surface area contributed by atoms with Gasteiger partial charge in [-0.05, 0) is 25.9 Å². The molecule has 0 unspecified atom stereocenters. The Morgan fingerprint density at radius 1 is 1.10 bits per heavy atom. The monoisotopic (exact) mass is 193 g/mol. The van der Waals surface area contributed by atoms with Crippen molar-refractivity contribution in [1.29, 1.82) is 0 Å². The summed E-state index contributed by atoms with van der Waals surface area (Å²) in [6.07, 6.45) is 4.02. The molecular weight excluding hydrogens is 179 g/mol. The van der Waals surface area contributed by atoms with Crippen LogP contribution in [0, 0.1) is 0 Å². The minimum Gasteiger partial charge on any atom is -0.395 e. The van der Waals surface area contributed by atoms with Crippen molar-refractivity contribution in [3.8, 4) is 0 Å². The SMILES string of the molecule is OCCN1CCCCC1.[Zn]. The third-order valence-electron chi connectivity index (χ3n) is 1.86. The van der Waals surface area contributed by atoms with Crippen LogP contribution in [0.1, 0.15) is 19.3 Å². The molecule has 1 heterocycles. The van der Waals surface area contributed by atoms with Gasteiger partial charge in [0.05, 0.1) is 6.61 Å². The molecule has 1 rings (SSSR count). The Morgan fingerprint density at radius 3 is 2.20 bits per heavy atom. The molecule has 1 aliphatic rings. The summed E-state index contributed by atoms with van der Waals surface area (Å²) in [5.74, 6) is 0. The van der Waals surface area contributed by atoms with Crippen molar-refractivity contribution in [2.75, 3.05) is 26.2 Å². The predicted molar refractivity (Wildman–Crippen MR) is 37.4 cm³/mol. The zero-order chi connectivity index (χ0) is 6.53. The van der Waals surface area contributed by atoms with Gasteiger partial charge >= 0.3 is 0 Å². The Morgan fingerprint density at radius 2 is 1.70 bits per heavy atom. The van der Waals surface area contributed by atoms with Gasteiger partial charge in [-0.15, -0.1) is 0 Å². The van der Waals surface area contributed by atoms with Gasteiger partial charge in [-0.2, -0.15) is 0 Å². The van der Waals surface area contributed by atoms with Gasteiger partial charge in [0.25, 0.3) is 0 Å². The van der Waals surface area contributed by atoms with Crippen LogP contribution in [0.25, 0.3) is 0 Å². The van der Waals surface area contributed by atoms with Gasteiger partial charge in [-0.3, -0.25) is 0 Å². The molecule has 2 nitrogen and oxygen atoms in total. The summed E-state index contributed by atoms with van der Waals surface area (Å²) in [5.41, 5.74) is 0. The summed E-state index contributed by atoms with van der Waals surface area (Å²) in [6.45, 7) is 3.58. The van der Waals surface area contributed by atoms with Crippen LogP contribution in [0.3, 0.4) is 0 Å². The van der Waals surface area contributed by atoms with Crippen molar-refractivity contribution in [2.45, 2.75) is 19.3 Å². The molecule has 0 saturated carbocycles. The van der Waals surface area contributed by atoms with E-state index in [-0.39, 0.29) is 19.5 Å². The van der Waals surface area contributed by atoms with Crippen molar-refractivity contribution >= 4 is 0 Å². The fourth-order valence-corrected chi connectivity index (χ4v) is 1.32. The minimum absolute atomic E-state index is 0. The molecule has 0 aliphatic carbocycles. The summed E-state index contributed by atoms with van der Waals surface area (Å²) in [7, 11) is 0. The van der Waals surface area contributed by atoms with Gasteiger partial charge in [-0.25, -0.2) is 0 Å². The Bertz CT molecular complexity index is 71.3. The largest absolute Gasteiger partial charge is 0.395 e. The van der Waals surface area contributed by atoms with Gasteiger partial charge in [0.1, 0.15) is 0 Å². The molecular formula is C7H15NOZn. The third kappa shape index (κ3) is 3.65. The van der Waals surface area contributed by atoms with Crippen LogP contribution in [0.5, 0.6) is 0 Å². The Hall–Kier alpha value is 0.543. The summed E-state index contributed by atoms with van der Waals surface area (Å²) >= 11 is 0. The van der Waals surface area contributed by atoms with E-state index in [1.807, 2.05) is 0 Å². The summed E-state index contributed by atoms with van der Waals surface area (Å²) in [6, 6.07) is 0. The molecule has 0 atom stereocenters. The maximum atomic E-state index is 8.58. The number of hydrogen-bond donors (Lipinski definition) is 1. The molecule has 56 valence electrons. The molecule has 0 radical (unpaired) electrons. The smallest absolute Gasteiger partial charge is 0.0558 e. The summed E-state index contributed by atoms with van der Waals surface area (Å²) in [4.78, 5) is 2.32. The quantitative estimate of drug-likeness (QED) is 0.646. The van der Waals surface area contributed by atoms with Crippen LogP contribution in [0.15, 0.2) is 0 Å². The molecule has 0 aromatic heterocycles. The summed E-state index contributed by atoms with van der Waals surface area (Å²) in [5, 5.41) is 8.58. The van der Waals surface area contributed by atoms with E-state index in [4.69, 9.17) is 5.11 Å². The van der Waals surface area contributed by atoms with Crippen molar-refractivity contribution in [1.82, 2.24) is 4.90 Å². The van der Waals surface area contributed by atoms with E-state index in [1.165, 1.54) is 32.4 Å². The van der Waals surface area contributed by atoms with Crippen molar-refractivity contribution in [2.24, 2.45) is 0 Å². The third-order valence-corrected chi connectivity index (χ3v) is 1.86. The van der Waals surface area contributed by atoms with E-state index in [0.717, 1.165) is 6.54 Å². The second-order valence-electron chi connectivity index (χ2n) is 2.63. The van der Waals surface area contributed by atoms with Crippen LogP contribution in [-0.4, -0.2) is 36.2 Å². The number of piperidine rings is 1. The molecule has 3 heteroatoms. The van der Waals surface area contributed by atoms with Crippen LogP contribution >= 0.6 is 0 Å². The first-order valence-corrected chi connectivity index (χ1v) is 3.76. The number of β-amino-alcohol motifs (C(OH)–C–C–N with tert-alkyl or cyclic N) is 1. The number of rotatable bonds is 2. The van der Waals surface area contributed by atoms with Crippen molar-refractivity contribution in [3.05, 3.63) is 0 Å². The minimum atomic E-state index is 0. The maximum Gasteiger partial charge on any atom is 0.0558 e. The van der Waals surface area contributed by atoms with E-state index < -0.39 is 0 Å². The standard InChI is InChI=1S/C7H15NO.Zn/c9-7-6-8-4-2-1-3-5-8;/h9H,1-7H2;. The van der Waals surface area contributed by atoms with Crippen molar-refractivity contribution in [3.63, 3.8) is 0 Å². The van der Waals surface area contributed by atoms with E-state index in [9.17, 15) is 0 Å². The van der Waals surface area contributed by atoms with E-state index in [0.29, 0.717) is 6.61 Å². The predicted octanol–water partition coefficient (Wildman–Crippen LogP) is 0.462. The molecule has 1 N–H and O–H groups in total. The Labute approximate surface area is 75.4 Å². The van der Waals surface area contributed by atoms with E-state index >= 15 is 0 Å². The average Bonchev–Trinajstić information content (AvgIpc) is 1.91. The molecule has 0 bridgehead atoms. The summed E-state index contributed by atoms with van der Waals surface area (Å²) < 4.78 is 0. The first-order valence-electron chi connectivity index (χ1n) is 3.76. The number of aliphatic hydroxyl groups excluding tert-OH is 1. The maximum absolute atomic E-state index is 8.58. The van der Waals surface area contributed by atoms with E-state index in [1.54, 1.807) is 0 Å². The molecule has 0 spiro atoms.